The number of H-pyrrole nitrogens is 1. The SMILES string of the molecule is Oc1cc(O)cc(-c2nc3ccc(C(F)(F)F)cc3[nH]2)c1. The van der Waals surface area contributed by atoms with Crippen molar-refractivity contribution in [2.75, 3.05) is 0 Å². The molecule has 0 unspecified atom stereocenters. The van der Waals surface area contributed by atoms with Gasteiger partial charge < -0.3 is 15.2 Å². The van der Waals surface area contributed by atoms with Crippen LogP contribution in [0.1, 0.15) is 5.56 Å². The van der Waals surface area contributed by atoms with Gasteiger partial charge in [-0.1, -0.05) is 0 Å². The minimum atomic E-state index is -4.43. The molecule has 3 N–H and O–H groups in total. The average molecular weight is 294 g/mol. The van der Waals surface area contributed by atoms with Gasteiger partial charge in [0.05, 0.1) is 16.6 Å². The Bertz CT molecular complexity index is 804. The van der Waals surface area contributed by atoms with Crippen LogP contribution in [-0.4, -0.2) is 20.2 Å². The second-order valence-corrected chi connectivity index (χ2v) is 4.55. The van der Waals surface area contributed by atoms with Crippen LogP contribution in [0.4, 0.5) is 13.2 Å². The lowest BCUT2D eigenvalue weighted by atomic mass is 10.2. The molecule has 0 amide bonds. The van der Waals surface area contributed by atoms with Gasteiger partial charge in [0.1, 0.15) is 17.3 Å². The van der Waals surface area contributed by atoms with E-state index in [9.17, 15) is 23.4 Å². The van der Waals surface area contributed by atoms with Crippen molar-refractivity contribution < 1.29 is 23.4 Å². The van der Waals surface area contributed by atoms with E-state index in [4.69, 9.17) is 0 Å². The van der Waals surface area contributed by atoms with E-state index in [0.29, 0.717) is 11.1 Å². The highest BCUT2D eigenvalue weighted by atomic mass is 19.4. The number of aromatic nitrogens is 2. The molecule has 0 spiro atoms. The van der Waals surface area contributed by atoms with E-state index in [1.807, 2.05) is 0 Å². The Morgan fingerprint density at radius 3 is 2.24 bits per heavy atom. The Hall–Kier alpha value is -2.70. The smallest absolute Gasteiger partial charge is 0.416 e. The molecule has 0 atom stereocenters. The lowest BCUT2D eigenvalue weighted by Crippen LogP contribution is -2.04. The predicted octanol–water partition coefficient (Wildman–Crippen LogP) is 3.66. The molecule has 0 bridgehead atoms. The van der Waals surface area contributed by atoms with E-state index in [-0.39, 0.29) is 22.8 Å². The topological polar surface area (TPSA) is 69.1 Å². The molecule has 0 saturated heterocycles. The standard InChI is InChI=1S/C14H9F3N2O2/c15-14(16,17)8-1-2-11-12(5-8)19-13(18-11)7-3-9(20)6-10(21)4-7/h1-6,20-21H,(H,18,19). The van der Waals surface area contributed by atoms with Crippen molar-refractivity contribution in [3.63, 3.8) is 0 Å². The second kappa shape index (κ2) is 4.41. The summed E-state index contributed by atoms with van der Waals surface area (Å²) >= 11 is 0. The highest BCUT2D eigenvalue weighted by molar-refractivity contribution is 5.80. The molecule has 108 valence electrons. The normalized spacial score (nSPS) is 12.0. The van der Waals surface area contributed by atoms with Crippen molar-refractivity contribution >= 4 is 11.0 Å². The Morgan fingerprint density at radius 1 is 0.952 bits per heavy atom. The molecule has 1 aromatic heterocycles. The van der Waals surface area contributed by atoms with Crippen LogP contribution < -0.4 is 0 Å². The first-order chi connectivity index (χ1) is 9.83. The Labute approximate surface area is 116 Å². The molecule has 2 aromatic carbocycles. The number of phenols is 2. The zero-order valence-corrected chi connectivity index (χ0v) is 10.4. The van der Waals surface area contributed by atoms with Crippen LogP contribution in [0.25, 0.3) is 22.4 Å². The summed E-state index contributed by atoms with van der Waals surface area (Å²) in [6.07, 6.45) is -4.43. The molecule has 3 rings (SSSR count). The fourth-order valence-corrected chi connectivity index (χ4v) is 2.05. The fourth-order valence-electron chi connectivity index (χ4n) is 2.05. The summed E-state index contributed by atoms with van der Waals surface area (Å²) in [6.45, 7) is 0. The first kappa shape index (κ1) is 13.3. The molecular weight excluding hydrogens is 285 g/mol. The maximum atomic E-state index is 12.7. The maximum Gasteiger partial charge on any atom is 0.416 e. The fraction of sp³-hybridized carbons (Fsp3) is 0.0714. The largest absolute Gasteiger partial charge is 0.508 e. The third-order valence-electron chi connectivity index (χ3n) is 2.99. The lowest BCUT2D eigenvalue weighted by Gasteiger charge is -2.05. The summed E-state index contributed by atoms with van der Waals surface area (Å²) in [5.74, 6) is -0.0709. The molecule has 0 saturated carbocycles. The number of phenolic OH excluding ortho intramolecular Hbond substituents is 2. The van der Waals surface area contributed by atoms with Crippen molar-refractivity contribution in [1.29, 1.82) is 0 Å². The monoisotopic (exact) mass is 294 g/mol. The third-order valence-corrected chi connectivity index (χ3v) is 2.99. The number of halogens is 3. The van der Waals surface area contributed by atoms with Crippen LogP contribution in [0, 0.1) is 0 Å². The maximum absolute atomic E-state index is 12.7. The number of hydrogen-bond donors (Lipinski definition) is 3. The summed E-state index contributed by atoms with van der Waals surface area (Å²) < 4.78 is 38.0. The summed E-state index contributed by atoms with van der Waals surface area (Å²) in [5, 5.41) is 18.9. The molecule has 21 heavy (non-hydrogen) atoms. The highest BCUT2D eigenvalue weighted by Gasteiger charge is 2.30. The molecule has 0 aliphatic heterocycles. The number of nitrogens with zero attached hydrogens (tertiary/aromatic N) is 1. The van der Waals surface area contributed by atoms with Crippen LogP contribution >= 0.6 is 0 Å². The van der Waals surface area contributed by atoms with Gasteiger partial charge in [0.15, 0.2) is 0 Å². The number of alkyl halides is 3. The van der Waals surface area contributed by atoms with Gasteiger partial charge in [-0.25, -0.2) is 4.98 Å². The third kappa shape index (κ3) is 2.49. The van der Waals surface area contributed by atoms with E-state index >= 15 is 0 Å². The molecule has 0 radical (unpaired) electrons. The van der Waals surface area contributed by atoms with Crippen molar-refractivity contribution in [1.82, 2.24) is 9.97 Å². The Morgan fingerprint density at radius 2 is 1.62 bits per heavy atom. The van der Waals surface area contributed by atoms with Gasteiger partial charge in [0.25, 0.3) is 0 Å². The van der Waals surface area contributed by atoms with Gasteiger partial charge in [-0.2, -0.15) is 13.2 Å². The van der Waals surface area contributed by atoms with Crippen molar-refractivity contribution in [2.45, 2.75) is 6.18 Å². The molecular formula is C14H9F3N2O2. The van der Waals surface area contributed by atoms with E-state index in [1.165, 1.54) is 18.2 Å². The molecule has 4 nitrogen and oxygen atoms in total. The van der Waals surface area contributed by atoms with Crippen molar-refractivity contribution in [3.05, 3.63) is 42.0 Å². The lowest BCUT2D eigenvalue weighted by molar-refractivity contribution is -0.137. The number of benzene rings is 2. The second-order valence-electron chi connectivity index (χ2n) is 4.55. The number of hydrogen-bond acceptors (Lipinski definition) is 3. The van der Waals surface area contributed by atoms with Crippen molar-refractivity contribution in [3.8, 4) is 22.9 Å². The van der Waals surface area contributed by atoms with Gasteiger partial charge in [-0.3, -0.25) is 0 Å². The molecule has 0 fully saturated rings. The van der Waals surface area contributed by atoms with E-state index in [1.54, 1.807) is 0 Å². The summed E-state index contributed by atoms with van der Waals surface area (Å²) in [7, 11) is 0. The van der Waals surface area contributed by atoms with E-state index < -0.39 is 11.7 Å². The van der Waals surface area contributed by atoms with Gasteiger partial charge in [-0.05, 0) is 30.3 Å². The minimum Gasteiger partial charge on any atom is -0.508 e. The zero-order chi connectivity index (χ0) is 15.2. The summed E-state index contributed by atoms with van der Waals surface area (Å²) in [5.41, 5.74) is 0.185. The minimum absolute atomic E-state index is 0.165. The van der Waals surface area contributed by atoms with Crippen LogP contribution in [0.2, 0.25) is 0 Å². The Balaban J connectivity index is 2.13. The van der Waals surface area contributed by atoms with E-state index in [0.717, 1.165) is 18.2 Å². The molecule has 0 aliphatic rings. The summed E-state index contributed by atoms with van der Waals surface area (Å²) in [6, 6.07) is 7.03. The number of aromatic amines is 1. The molecule has 3 aromatic rings. The number of fused-ring (bicyclic) bond motifs is 1. The molecule has 7 heteroatoms. The van der Waals surface area contributed by atoms with E-state index in [2.05, 4.69) is 9.97 Å². The molecule has 0 aliphatic carbocycles. The number of imidazole rings is 1. The summed E-state index contributed by atoms with van der Waals surface area (Å²) in [4.78, 5) is 6.89. The van der Waals surface area contributed by atoms with Crippen molar-refractivity contribution in [2.24, 2.45) is 0 Å². The average Bonchev–Trinajstić information content (AvgIpc) is 2.79. The predicted molar refractivity (Wildman–Crippen MR) is 69.9 cm³/mol. The van der Waals surface area contributed by atoms with Gasteiger partial charge in [-0.15, -0.1) is 0 Å². The van der Waals surface area contributed by atoms with Gasteiger partial charge in [0.2, 0.25) is 0 Å². The number of nitrogens with one attached hydrogen (secondary N) is 1. The Kier molecular flexibility index (Phi) is 2.79. The quantitative estimate of drug-likeness (QED) is 0.641. The number of aromatic hydroxyl groups is 2. The van der Waals surface area contributed by atoms with Crippen LogP contribution in [0.3, 0.4) is 0 Å². The molecule has 1 heterocycles. The number of rotatable bonds is 1. The zero-order valence-electron chi connectivity index (χ0n) is 10.4. The highest BCUT2D eigenvalue weighted by Crippen LogP contribution is 2.32. The van der Waals surface area contributed by atoms with Gasteiger partial charge >= 0.3 is 6.18 Å². The van der Waals surface area contributed by atoms with Crippen LogP contribution in [0.15, 0.2) is 36.4 Å². The first-order valence-corrected chi connectivity index (χ1v) is 5.93. The van der Waals surface area contributed by atoms with Crippen LogP contribution in [-0.2, 0) is 6.18 Å². The van der Waals surface area contributed by atoms with Crippen LogP contribution in [0.5, 0.6) is 11.5 Å². The van der Waals surface area contributed by atoms with Gasteiger partial charge in [0, 0.05) is 11.6 Å². The first-order valence-electron chi connectivity index (χ1n) is 5.93.